The molecule has 1 fully saturated rings. The molecule has 1 N–H and O–H groups in total. The Morgan fingerprint density at radius 2 is 1.93 bits per heavy atom. The summed E-state index contributed by atoms with van der Waals surface area (Å²) in [6, 6.07) is 13.1. The lowest BCUT2D eigenvalue weighted by Crippen LogP contribution is -2.45. The minimum atomic E-state index is -4.42. The van der Waals surface area contributed by atoms with E-state index < -0.39 is 24.5 Å². The van der Waals surface area contributed by atoms with Crippen LogP contribution in [-0.2, 0) is 4.79 Å². The van der Waals surface area contributed by atoms with Gasteiger partial charge in [0.25, 0.3) is 0 Å². The fourth-order valence-electron chi connectivity index (χ4n) is 3.45. The maximum absolute atomic E-state index is 12.4. The van der Waals surface area contributed by atoms with Crippen molar-refractivity contribution in [2.75, 3.05) is 24.5 Å². The number of aromatic nitrogens is 4. The molecular weight excluding hydrogens is 385 g/mol. The molecule has 7 nitrogen and oxygen atoms in total. The topological polar surface area (TPSA) is 75.4 Å². The Hall–Kier alpha value is -3.17. The Balaban J connectivity index is 1.54. The Labute approximate surface area is 164 Å². The minimum absolute atomic E-state index is 0.311. The highest BCUT2D eigenvalue weighted by atomic mass is 19.4. The summed E-state index contributed by atoms with van der Waals surface area (Å²) in [5.41, 5.74) is 1.46. The molecular formula is C19H19F3N6O. The summed E-state index contributed by atoms with van der Waals surface area (Å²) in [5.74, 6) is 0.127. The van der Waals surface area contributed by atoms with Crippen LogP contribution in [0.15, 0.2) is 42.5 Å². The van der Waals surface area contributed by atoms with Crippen LogP contribution in [-0.4, -0.2) is 51.5 Å². The highest BCUT2D eigenvalue weighted by Crippen LogP contribution is 2.24. The first-order valence-corrected chi connectivity index (χ1v) is 9.28. The number of amides is 1. The number of nitrogens with zero attached hydrogens (tertiary/aromatic N) is 5. The molecule has 0 radical (unpaired) electrons. The lowest BCUT2D eigenvalue weighted by atomic mass is 9.97. The number of carbonyl (C=O) groups is 1. The van der Waals surface area contributed by atoms with Gasteiger partial charge in [-0.15, -0.1) is 15.3 Å². The van der Waals surface area contributed by atoms with Crippen molar-refractivity contribution in [2.45, 2.75) is 19.0 Å². The van der Waals surface area contributed by atoms with Crippen molar-refractivity contribution in [2.24, 2.45) is 5.92 Å². The van der Waals surface area contributed by atoms with Gasteiger partial charge in [0.2, 0.25) is 5.91 Å². The largest absolute Gasteiger partial charge is 0.405 e. The zero-order chi connectivity index (χ0) is 20.4. The first-order valence-electron chi connectivity index (χ1n) is 9.28. The van der Waals surface area contributed by atoms with Gasteiger partial charge in [0.1, 0.15) is 12.4 Å². The molecule has 1 saturated heterocycles. The molecule has 10 heteroatoms. The second kappa shape index (κ2) is 7.69. The van der Waals surface area contributed by atoms with Crippen LogP contribution in [0.4, 0.5) is 19.0 Å². The normalized spacial score (nSPS) is 17.5. The third-order valence-electron chi connectivity index (χ3n) is 4.86. The number of halogens is 3. The van der Waals surface area contributed by atoms with Gasteiger partial charge >= 0.3 is 6.18 Å². The molecule has 0 spiro atoms. The van der Waals surface area contributed by atoms with Crippen LogP contribution in [0.3, 0.4) is 0 Å². The third-order valence-corrected chi connectivity index (χ3v) is 4.86. The standard InChI is InChI=1S/C19H19F3N6O/c20-19(21,22)12-23-18(29)14-7-4-10-27(11-14)16-9-8-15-24-25-17(28(15)26-16)13-5-2-1-3-6-13/h1-3,5-6,8-9,14H,4,7,10-12H2,(H,23,29). The number of benzene rings is 1. The van der Waals surface area contributed by atoms with E-state index in [9.17, 15) is 18.0 Å². The van der Waals surface area contributed by atoms with E-state index in [2.05, 4.69) is 15.3 Å². The summed E-state index contributed by atoms with van der Waals surface area (Å²) in [6.45, 7) is -0.330. The predicted molar refractivity (Wildman–Crippen MR) is 100 cm³/mol. The van der Waals surface area contributed by atoms with E-state index >= 15 is 0 Å². The third kappa shape index (κ3) is 4.30. The van der Waals surface area contributed by atoms with Crippen molar-refractivity contribution in [3.8, 4) is 11.4 Å². The highest BCUT2D eigenvalue weighted by molar-refractivity contribution is 5.79. The number of piperidine rings is 1. The number of anilines is 1. The summed E-state index contributed by atoms with van der Waals surface area (Å²) >= 11 is 0. The quantitative estimate of drug-likeness (QED) is 0.724. The fraction of sp³-hybridized carbons (Fsp3) is 0.368. The van der Waals surface area contributed by atoms with E-state index in [-0.39, 0.29) is 0 Å². The maximum Gasteiger partial charge on any atom is 0.405 e. The molecule has 1 aliphatic heterocycles. The van der Waals surface area contributed by atoms with Crippen molar-refractivity contribution in [3.63, 3.8) is 0 Å². The van der Waals surface area contributed by atoms with Crippen molar-refractivity contribution in [1.29, 1.82) is 0 Å². The molecule has 1 aliphatic rings. The van der Waals surface area contributed by atoms with E-state index in [1.54, 1.807) is 16.6 Å². The van der Waals surface area contributed by atoms with Gasteiger partial charge < -0.3 is 10.2 Å². The lowest BCUT2D eigenvalue weighted by Gasteiger charge is -2.32. The Morgan fingerprint density at radius 3 is 2.69 bits per heavy atom. The maximum atomic E-state index is 12.4. The number of nitrogens with one attached hydrogen (secondary N) is 1. The molecule has 0 saturated carbocycles. The fourth-order valence-corrected chi connectivity index (χ4v) is 3.45. The van der Waals surface area contributed by atoms with Crippen molar-refractivity contribution in [3.05, 3.63) is 42.5 Å². The molecule has 1 amide bonds. The van der Waals surface area contributed by atoms with Crippen LogP contribution < -0.4 is 10.2 Å². The molecule has 1 aromatic carbocycles. The summed E-state index contributed by atoms with van der Waals surface area (Å²) in [5, 5.41) is 14.9. The molecule has 2 aromatic heterocycles. The predicted octanol–water partition coefficient (Wildman–Crippen LogP) is 2.69. The zero-order valence-electron chi connectivity index (χ0n) is 15.4. The van der Waals surface area contributed by atoms with Crippen molar-refractivity contribution in [1.82, 2.24) is 25.1 Å². The number of alkyl halides is 3. The molecule has 0 bridgehead atoms. The Kier molecular flexibility index (Phi) is 5.08. The number of hydrogen-bond donors (Lipinski definition) is 1. The summed E-state index contributed by atoms with van der Waals surface area (Å²) in [6.07, 6.45) is -3.18. The molecule has 1 unspecified atom stereocenters. The Bertz CT molecular complexity index is 1000. The van der Waals surface area contributed by atoms with Crippen LogP contribution in [0, 0.1) is 5.92 Å². The van der Waals surface area contributed by atoms with Crippen LogP contribution in [0.5, 0.6) is 0 Å². The molecule has 3 heterocycles. The van der Waals surface area contributed by atoms with Gasteiger partial charge in [-0.25, -0.2) is 0 Å². The van der Waals surface area contributed by atoms with Gasteiger partial charge in [0.05, 0.1) is 5.92 Å². The van der Waals surface area contributed by atoms with E-state index in [0.29, 0.717) is 43.2 Å². The summed E-state index contributed by atoms with van der Waals surface area (Å²) < 4.78 is 38.7. The van der Waals surface area contributed by atoms with Gasteiger partial charge in [-0.2, -0.15) is 17.7 Å². The average molecular weight is 404 g/mol. The lowest BCUT2D eigenvalue weighted by molar-refractivity contribution is -0.140. The van der Waals surface area contributed by atoms with Gasteiger partial charge in [-0.1, -0.05) is 30.3 Å². The number of carbonyl (C=O) groups excluding carboxylic acids is 1. The van der Waals surface area contributed by atoms with Crippen molar-refractivity contribution < 1.29 is 18.0 Å². The molecule has 4 rings (SSSR count). The number of hydrogen-bond acceptors (Lipinski definition) is 5. The SMILES string of the molecule is O=C(NCC(F)(F)F)C1CCCN(c2ccc3nnc(-c4ccccc4)n3n2)C1. The van der Waals surface area contributed by atoms with E-state index in [4.69, 9.17) is 0 Å². The van der Waals surface area contributed by atoms with Gasteiger partial charge in [-0.05, 0) is 25.0 Å². The molecule has 29 heavy (non-hydrogen) atoms. The zero-order valence-corrected chi connectivity index (χ0v) is 15.4. The monoisotopic (exact) mass is 404 g/mol. The summed E-state index contributed by atoms with van der Waals surface area (Å²) in [7, 11) is 0. The number of rotatable bonds is 4. The first kappa shape index (κ1) is 19.2. The van der Waals surface area contributed by atoms with Gasteiger partial charge in [0, 0.05) is 18.7 Å². The Morgan fingerprint density at radius 1 is 1.14 bits per heavy atom. The van der Waals surface area contributed by atoms with Crippen LogP contribution >= 0.6 is 0 Å². The molecule has 1 atom stereocenters. The van der Waals surface area contributed by atoms with E-state index in [1.165, 1.54) is 0 Å². The molecule has 3 aromatic rings. The van der Waals surface area contributed by atoms with E-state index in [1.807, 2.05) is 40.5 Å². The second-order valence-corrected chi connectivity index (χ2v) is 6.97. The molecule has 0 aliphatic carbocycles. The highest BCUT2D eigenvalue weighted by Gasteiger charge is 2.31. The van der Waals surface area contributed by atoms with Gasteiger partial charge in [0.15, 0.2) is 11.5 Å². The molecule has 152 valence electrons. The first-order chi connectivity index (χ1) is 13.9. The summed E-state index contributed by atoms with van der Waals surface area (Å²) in [4.78, 5) is 14.1. The number of fused-ring (bicyclic) bond motifs is 1. The van der Waals surface area contributed by atoms with Crippen LogP contribution in [0.25, 0.3) is 17.0 Å². The minimum Gasteiger partial charge on any atom is -0.354 e. The smallest absolute Gasteiger partial charge is 0.354 e. The van der Waals surface area contributed by atoms with Crippen LogP contribution in [0.2, 0.25) is 0 Å². The average Bonchev–Trinajstić information content (AvgIpc) is 3.15. The van der Waals surface area contributed by atoms with E-state index in [0.717, 1.165) is 5.56 Å². The van der Waals surface area contributed by atoms with Gasteiger partial charge in [-0.3, -0.25) is 4.79 Å². The van der Waals surface area contributed by atoms with Crippen LogP contribution in [0.1, 0.15) is 12.8 Å². The second-order valence-electron chi connectivity index (χ2n) is 6.97. The van der Waals surface area contributed by atoms with Crippen molar-refractivity contribution >= 4 is 17.4 Å².